The number of urea groups is 1. The number of anilines is 1. The summed E-state index contributed by atoms with van der Waals surface area (Å²) in [6.45, 7) is 4.15. The predicted molar refractivity (Wildman–Crippen MR) is 110 cm³/mol. The second-order valence-corrected chi connectivity index (χ2v) is 7.44. The van der Waals surface area contributed by atoms with Gasteiger partial charge in [-0.2, -0.15) is 0 Å². The Hall–Kier alpha value is -2.91. The van der Waals surface area contributed by atoms with Crippen LogP contribution in [0.5, 0.6) is 0 Å². The Labute approximate surface area is 172 Å². The van der Waals surface area contributed by atoms with E-state index in [-0.39, 0.29) is 0 Å². The first-order chi connectivity index (χ1) is 14.0. The van der Waals surface area contributed by atoms with Crippen LogP contribution in [-0.4, -0.2) is 57.4 Å². The molecule has 1 saturated heterocycles. The molecule has 29 heavy (non-hydrogen) atoms. The number of benzene rings is 1. The average Bonchev–Trinajstić information content (AvgIpc) is 3.20. The van der Waals surface area contributed by atoms with E-state index in [2.05, 4.69) is 15.5 Å². The van der Waals surface area contributed by atoms with Crippen molar-refractivity contribution in [3.8, 4) is 11.1 Å². The molecule has 1 aromatic heterocycles. The predicted octanol–water partition coefficient (Wildman–Crippen LogP) is 2.25. The third kappa shape index (κ3) is 5.12. The molecule has 1 atom stereocenters. The molecule has 1 fully saturated rings. The minimum atomic E-state index is -1.10. The molecular weight excluding hydrogens is 394 g/mol. The molecule has 0 saturated carbocycles. The zero-order chi connectivity index (χ0) is 20.8. The molecule has 1 aliphatic heterocycles. The lowest BCUT2D eigenvalue weighted by atomic mass is 10.1. The molecule has 2 aromatic rings. The van der Waals surface area contributed by atoms with Gasteiger partial charge in [-0.25, -0.2) is 9.59 Å². The van der Waals surface area contributed by atoms with Crippen LogP contribution < -0.4 is 15.5 Å². The first-order valence-electron chi connectivity index (χ1n) is 9.25. The van der Waals surface area contributed by atoms with Crippen LogP contribution in [0.1, 0.15) is 16.6 Å². The summed E-state index contributed by atoms with van der Waals surface area (Å²) in [5.41, 5.74) is 1.93. The molecule has 3 rings (SSSR count). The number of carbonyl (C=O) groups is 3. The zero-order valence-electron chi connectivity index (χ0n) is 16.3. The molecule has 2 N–H and O–H groups in total. The second-order valence-electron chi connectivity index (χ2n) is 6.41. The highest BCUT2D eigenvalue weighted by Gasteiger charge is 2.25. The van der Waals surface area contributed by atoms with Gasteiger partial charge in [-0.15, -0.1) is 11.3 Å². The highest BCUT2D eigenvalue weighted by molar-refractivity contribution is 7.18. The van der Waals surface area contributed by atoms with Crippen molar-refractivity contribution in [1.29, 1.82) is 0 Å². The first-order valence-corrected chi connectivity index (χ1v) is 10.1. The van der Waals surface area contributed by atoms with Gasteiger partial charge in [0, 0.05) is 25.7 Å². The van der Waals surface area contributed by atoms with Gasteiger partial charge < -0.3 is 19.7 Å². The maximum Gasteiger partial charge on any atom is 0.349 e. The van der Waals surface area contributed by atoms with Crippen molar-refractivity contribution in [3.05, 3.63) is 41.3 Å². The summed E-state index contributed by atoms with van der Waals surface area (Å²) in [4.78, 5) is 38.5. The number of nitrogens with one attached hydrogen (secondary N) is 2. The molecule has 0 spiro atoms. The maximum absolute atomic E-state index is 12.7. The van der Waals surface area contributed by atoms with E-state index in [1.807, 2.05) is 30.3 Å². The molecule has 1 aliphatic rings. The fourth-order valence-electron chi connectivity index (χ4n) is 2.86. The van der Waals surface area contributed by atoms with Crippen LogP contribution in [-0.2, 0) is 14.3 Å². The number of ether oxygens (including phenoxy) is 2. The molecular formula is C20H23N3O5S. The summed E-state index contributed by atoms with van der Waals surface area (Å²) in [6, 6.07) is 10.9. The van der Waals surface area contributed by atoms with Crippen molar-refractivity contribution >= 4 is 34.2 Å². The van der Waals surface area contributed by atoms with Gasteiger partial charge >= 0.3 is 12.0 Å². The topological polar surface area (TPSA) is 97.0 Å². The van der Waals surface area contributed by atoms with E-state index in [9.17, 15) is 14.4 Å². The van der Waals surface area contributed by atoms with Crippen LogP contribution in [0.2, 0.25) is 0 Å². The monoisotopic (exact) mass is 417 g/mol. The van der Waals surface area contributed by atoms with Crippen LogP contribution in [0, 0.1) is 0 Å². The van der Waals surface area contributed by atoms with E-state index in [0.29, 0.717) is 18.1 Å². The molecule has 154 valence electrons. The van der Waals surface area contributed by atoms with E-state index >= 15 is 0 Å². The summed E-state index contributed by atoms with van der Waals surface area (Å²) < 4.78 is 10.7. The molecule has 9 heteroatoms. The number of hydrogen-bond donors (Lipinski definition) is 2. The van der Waals surface area contributed by atoms with Crippen LogP contribution in [0.15, 0.2) is 36.4 Å². The first kappa shape index (κ1) is 20.8. The van der Waals surface area contributed by atoms with Crippen molar-refractivity contribution in [2.45, 2.75) is 13.0 Å². The fraction of sp³-hybridized carbons (Fsp3) is 0.350. The average molecular weight is 417 g/mol. The van der Waals surface area contributed by atoms with Crippen LogP contribution in [0.4, 0.5) is 9.80 Å². The van der Waals surface area contributed by atoms with Crippen molar-refractivity contribution in [2.24, 2.45) is 0 Å². The molecule has 3 amide bonds. The van der Waals surface area contributed by atoms with Gasteiger partial charge in [-0.1, -0.05) is 30.3 Å². The van der Waals surface area contributed by atoms with Crippen LogP contribution >= 0.6 is 11.3 Å². The molecule has 8 nitrogen and oxygen atoms in total. The van der Waals surface area contributed by atoms with E-state index in [4.69, 9.17) is 9.47 Å². The summed E-state index contributed by atoms with van der Waals surface area (Å²) >= 11 is 1.33. The van der Waals surface area contributed by atoms with E-state index in [1.165, 1.54) is 25.3 Å². The van der Waals surface area contributed by atoms with E-state index in [0.717, 1.165) is 29.2 Å². The van der Waals surface area contributed by atoms with Crippen LogP contribution in [0.25, 0.3) is 11.1 Å². The highest BCUT2D eigenvalue weighted by Crippen LogP contribution is 2.39. The van der Waals surface area contributed by atoms with Gasteiger partial charge in [0.1, 0.15) is 4.88 Å². The normalized spacial score (nSPS) is 14.8. The van der Waals surface area contributed by atoms with E-state index < -0.39 is 24.0 Å². The number of amides is 3. The molecule has 0 bridgehead atoms. The van der Waals surface area contributed by atoms with Crippen molar-refractivity contribution in [3.63, 3.8) is 0 Å². The third-order valence-electron chi connectivity index (χ3n) is 4.41. The molecule has 1 unspecified atom stereocenters. The quantitative estimate of drug-likeness (QED) is 0.725. The second kappa shape index (κ2) is 9.53. The Morgan fingerprint density at radius 1 is 1.17 bits per heavy atom. The largest absolute Gasteiger partial charge is 0.448 e. The Morgan fingerprint density at radius 2 is 1.86 bits per heavy atom. The summed E-state index contributed by atoms with van der Waals surface area (Å²) in [5, 5.41) is 5.34. The minimum Gasteiger partial charge on any atom is -0.448 e. The van der Waals surface area contributed by atoms with Gasteiger partial charge in [0.15, 0.2) is 6.10 Å². The number of hydrogen-bond acceptors (Lipinski definition) is 7. The Kier molecular flexibility index (Phi) is 6.84. The lowest BCUT2D eigenvalue weighted by Gasteiger charge is -2.28. The fourth-order valence-corrected chi connectivity index (χ4v) is 3.97. The number of rotatable bonds is 5. The Morgan fingerprint density at radius 3 is 2.52 bits per heavy atom. The van der Waals surface area contributed by atoms with Gasteiger partial charge in [0.25, 0.3) is 5.91 Å². The third-order valence-corrected chi connectivity index (χ3v) is 5.59. The standard InChI is InChI=1S/C20H23N3O5S/c1-13(17(24)22-20(26)21-2)28-19(25)16-12-15(14-6-4-3-5-7-14)18(29-16)23-8-10-27-11-9-23/h3-7,12-13H,8-11H2,1-2H3,(H2,21,22,24,26). The molecule has 0 aliphatic carbocycles. The number of imide groups is 1. The number of esters is 1. The number of nitrogens with zero attached hydrogens (tertiary/aromatic N) is 1. The van der Waals surface area contributed by atoms with Crippen molar-refractivity contribution < 1.29 is 23.9 Å². The smallest absolute Gasteiger partial charge is 0.349 e. The number of carbonyl (C=O) groups excluding carboxylic acids is 3. The van der Waals surface area contributed by atoms with Crippen molar-refractivity contribution in [2.75, 3.05) is 38.3 Å². The lowest BCUT2D eigenvalue weighted by molar-refractivity contribution is -0.127. The highest BCUT2D eigenvalue weighted by atomic mass is 32.1. The summed E-state index contributed by atoms with van der Waals surface area (Å²) in [6.07, 6.45) is -1.10. The molecule has 0 radical (unpaired) electrons. The molecule has 1 aromatic carbocycles. The molecule has 2 heterocycles. The number of thiophene rings is 1. The van der Waals surface area contributed by atoms with Gasteiger partial charge in [0.05, 0.1) is 18.2 Å². The lowest BCUT2D eigenvalue weighted by Crippen LogP contribution is -2.43. The van der Waals surface area contributed by atoms with E-state index in [1.54, 1.807) is 6.07 Å². The number of morpholine rings is 1. The summed E-state index contributed by atoms with van der Waals surface area (Å²) in [5.74, 6) is -1.29. The van der Waals surface area contributed by atoms with Gasteiger partial charge in [0.2, 0.25) is 0 Å². The minimum absolute atomic E-state index is 0.393. The van der Waals surface area contributed by atoms with Crippen molar-refractivity contribution in [1.82, 2.24) is 10.6 Å². The summed E-state index contributed by atoms with van der Waals surface area (Å²) in [7, 11) is 1.39. The van der Waals surface area contributed by atoms with Gasteiger partial charge in [-0.3, -0.25) is 10.1 Å². The Balaban J connectivity index is 1.81. The Bertz CT molecular complexity index is 877. The van der Waals surface area contributed by atoms with Crippen LogP contribution in [0.3, 0.4) is 0 Å². The van der Waals surface area contributed by atoms with Gasteiger partial charge in [-0.05, 0) is 18.6 Å². The zero-order valence-corrected chi connectivity index (χ0v) is 17.1. The maximum atomic E-state index is 12.7. The SMILES string of the molecule is CNC(=O)NC(=O)C(C)OC(=O)c1cc(-c2ccccc2)c(N2CCOCC2)s1.